The summed E-state index contributed by atoms with van der Waals surface area (Å²) in [7, 11) is -3.18. The third-order valence-corrected chi connectivity index (χ3v) is 5.29. The highest BCUT2D eigenvalue weighted by Crippen LogP contribution is 2.29. The summed E-state index contributed by atoms with van der Waals surface area (Å²) in [5.74, 6) is -0.441. The van der Waals surface area contributed by atoms with E-state index in [9.17, 15) is 26.4 Å². The first-order chi connectivity index (χ1) is 11.6. The lowest BCUT2D eigenvalue weighted by atomic mass is 10.1. The van der Waals surface area contributed by atoms with Crippen molar-refractivity contribution in [3.05, 3.63) is 35.4 Å². The van der Waals surface area contributed by atoms with E-state index in [1.54, 1.807) is 0 Å². The van der Waals surface area contributed by atoms with Crippen molar-refractivity contribution in [2.24, 2.45) is 0 Å². The molecule has 0 bridgehead atoms. The summed E-state index contributed by atoms with van der Waals surface area (Å²) < 4.78 is 61.7. The Balaban J connectivity index is 1.76. The second kappa shape index (κ2) is 7.71. The van der Waals surface area contributed by atoms with Gasteiger partial charge in [-0.1, -0.05) is 0 Å². The quantitative estimate of drug-likeness (QED) is 0.829. The van der Waals surface area contributed by atoms with Gasteiger partial charge in [-0.05, 0) is 24.3 Å². The topological polar surface area (TPSA) is 69.7 Å². The predicted molar refractivity (Wildman–Crippen MR) is 86.6 cm³/mol. The van der Waals surface area contributed by atoms with E-state index < -0.39 is 27.7 Å². The summed E-state index contributed by atoms with van der Waals surface area (Å²) >= 11 is 0. The van der Waals surface area contributed by atoms with E-state index in [4.69, 9.17) is 0 Å². The van der Waals surface area contributed by atoms with Gasteiger partial charge in [-0.15, -0.1) is 0 Å². The van der Waals surface area contributed by atoms with Crippen LogP contribution in [0.15, 0.2) is 24.3 Å². The molecule has 1 aromatic rings. The van der Waals surface area contributed by atoms with Crippen molar-refractivity contribution in [2.75, 3.05) is 45.5 Å². The second-order valence-electron chi connectivity index (χ2n) is 5.83. The van der Waals surface area contributed by atoms with Crippen LogP contribution in [0.4, 0.5) is 13.2 Å². The number of carbonyl (C=O) groups excluding carboxylic acids is 1. The maximum atomic E-state index is 12.5. The van der Waals surface area contributed by atoms with Crippen molar-refractivity contribution in [1.29, 1.82) is 0 Å². The molecule has 0 atom stereocenters. The van der Waals surface area contributed by atoms with Crippen LogP contribution in [0.1, 0.15) is 15.9 Å². The molecule has 6 nitrogen and oxygen atoms in total. The number of amides is 1. The molecule has 0 aromatic heterocycles. The third-order valence-electron chi connectivity index (χ3n) is 3.99. The van der Waals surface area contributed by atoms with Gasteiger partial charge in [-0.3, -0.25) is 9.69 Å². The van der Waals surface area contributed by atoms with E-state index in [1.807, 2.05) is 4.90 Å². The standard InChI is InChI=1S/C15H20F3N3O3S/c1-25(23,24)21-10-8-20(9-11-21)7-6-19-14(22)12-2-4-13(5-3-12)15(16,17)18/h2-5H,6-11H2,1H3,(H,19,22). The third kappa shape index (κ3) is 5.68. The van der Waals surface area contributed by atoms with Crippen molar-refractivity contribution in [2.45, 2.75) is 6.18 Å². The van der Waals surface area contributed by atoms with E-state index in [2.05, 4.69) is 5.32 Å². The number of benzene rings is 1. The molecule has 1 aliphatic rings. The maximum absolute atomic E-state index is 12.5. The Kier molecular flexibility index (Phi) is 6.07. The van der Waals surface area contributed by atoms with Gasteiger partial charge in [-0.25, -0.2) is 8.42 Å². The highest BCUT2D eigenvalue weighted by Gasteiger charge is 2.30. The SMILES string of the molecule is CS(=O)(=O)N1CCN(CCNC(=O)c2ccc(C(F)(F)F)cc2)CC1. The largest absolute Gasteiger partial charge is 0.416 e. The zero-order chi connectivity index (χ0) is 18.7. The molecule has 1 N–H and O–H groups in total. The predicted octanol–water partition coefficient (Wildman–Crippen LogP) is 1.01. The Hall–Kier alpha value is -1.65. The van der Waals surface area contributed by atoms with Crippen LogP contribution >= 0.6 is 0 Å². The molecule has 0 saturated carbocycles. The summed E-state index contributed by atoms with van der Waals surface area (Å²) in [6.45, 7) is 2.84. The molecule has 140 valence electrons. The molecular weight excluding hydrogens is 359 g/mol. The first-order valence-electron chi connectivity index (χ1n) is 7.70. The van der Waals surface area contributed by atoms with E-state index in [0.29, 0.717) is 39.3 Å². The lowest BCUT2D eigenvalue weighted by Gasteiger charge is -2.33. The molecule has 1 aliphatic heterocycles. The fourth-order valence-corrected chi connectivity index (χ4v) is 3.35. The van der Waals surface area contributed by atoms with Crippen LogP contribution in [0, 0.1) is 0 Å². The van der Waals surface area contributed by atoms with Gasteiger partial charge in [-0.2, -0.15) is 17.5 Å². The van der Waals surface area contributed by atoms with Crippen LogP contribution < -0.4 is 5.32 Å². The van der Waals surface area contributed by atoms with E-state index >= 15 is 0 Å². The van der Waals surface area contributed by atoms with Crippen LogP contribution in [0.5, 0.6) is 0 Å². The minimum Gasteiger partial charge on any atom is -0.351 e. The lowest BCUT2D eigenvalue weighted by Crippen LogP contribution is -2.49. The summed E-state index contributed by atoms with van der Waals surface area (Å²) in [5.41, 5.74) is -0.636. The molecule has 1 saturated heterocycles. The minimum absolute atomic E-state index is 0.162. The molecule has 25 heavy (non-hydrogen) atoms. The summed E-state index contributed by atoms with van der Waals surface area (Å²) in [6, 6.07) is 4.03. The Bertz CT molecular complexity index is 697. The van der Waals surface area contributed by atoms with Gasteiger partial charge in [0.15, 0.2) is 0 Å². The zero-order valence-electron chi connectivity index (χ0n) is 13.7. The van der Waals surface area contributed by atoms with Gasteiger partial charge in [0.05, 0.1) is 11.8 Å². The van der Waals surface area contributed by atoms with Gasteiger partial charge < -0.3 is 5.32 Å². The van der Waals surface area contributed by atoms with Crippen molar-refractivity contribution < 1.29 is 26.4 Å². The monoisotopic (exact) mass is 379 g/mol. The first-order valence-corrected chi connectivity index (χ1v) is 9.55. The number of nitrogens with one attached hydrogen (secondary N) is 1. The van der Waals surface area contributed by atoms with Gasteiger partial charge in [0.25, 0.3) is 5.91 Å². The first kappa shape index (κ1) is 19.7. The van der Waals surface area contributed by atoms with E-state index in [-0.39, 0.29) is 5.56 Å². The van der Waals surface area contributed by atoms with E-state index in [0.717, 1.165) is 24.3 Å². The number of hydrogen-bond acceptors (Lipinski definition) is 4. The Labute approximate surface area is 144 Å². The van der Waals surface area contributed by atoms with Crippen molar-refractivity contribution >= 4 is 15.9 Å². The highest BCUT2D eigenvalue weighted by molar-refractivity contribution is 7.88. The number of nitrogens with zero attached hydrogens (tertiary/aromatic N) is 2. The molecule has 1 fully saturated rings. The number of sulfonamides is 1. The highest BCUT2D eigenvalue weighted by atomic mass is 32.2. The zero-order valence-corrected chi connectivity index (χ0v) is 14.5. The molecule has 0 spiro atoms. The number of alkyl halides is 3. The number of piperazine rings is 1. The van der Waals surface area contributed by atoms with Crippen molar-refractivity contribution in [3.8, 4) is 0 Å². The molecule has 1 aromatic carbocycles. The Morgan fingerprint density at radius 1 is 1.12 bits per heavy atom. The van der Waals surface area contributed by atoms with Gasteiger partial charge in [0, 0.05) is 44.8 Å². The molecule has 0 aliphatic carbocycles. The fraction of sp³-hybridized carbons (Fsp3) is 0.533. The minimum atomic E-state index is -4.43. The second-order valence-corrected chi connectivity index (χ2v) is 7.82. The summed E-state index contributed by atoms with van der Waals surface area (Å²) in [4.78, 5) is 14.0. The molecule has 1 amide bonds. The molecular formula is C15H20F3N3O3S. The van der Waals surface area contributed by atoms with Crippen molar-refractivity contribution in [3.63, 3.8) is 0 Å². The van der Waals surface area contributed by atoms with Gasteiger partial charge in [0.2, 0.25) is 10.0 Å². The number of hydrogen-bond donors (Lipinski definition) is 1. The lowest BCUT2D eigenvalue weighted by molar-refractivity contribution is -0.137. The molecule has 0 radical (unpaired) electrons. The number of halogens is 3. The number of carbonyl (C=O) groups is 1. The summed E-state index contributed by atoms with van der Waals surface area (Å²) in [5, 5.41) is 2.65. The molecule has 0 unspecified atom stereocenters. The fourth-order valence-electron chi connectivity index (χ4n) is 2.52. The van der Waals surface area contributed by atoms with Gasteiger partial charge in [0.1, 0.15) is 0 Å². The molecule has 1 heterocycles. The van der Waals surface area contributed by atoms with Crippen LogP contribution in [0.3, 0.4) is 0 Å². The number of rotatable bonds is 5. The maximum Gasteiger partial charge on any atom is 0.416 e. The smallest absolute Gasteiger partial charge is 0.351 e. The van der Waals surface area contributed by atoms with Gasteiger partial charge >= 0.3 is 6.18 Å². The van der Waals surface area contributed by atoms with Crippen molar-refractivity contribution in [1.82, 2.24) is 14.5 Å². The molecule has 2 rings (SSSR count). The summed E-state index contributed by atoms with van der Waals surface area (Å²) in [6.07, 6.45) is -3.25. The Morgan fingerprint density at radius 2 is 1.68 bits per heavy atom. The van der Waals surface area contributed by atoms with E-state index in [1.165, 1.54) is 10.6 Å². The average molecular weight is 379 g/mol. The Morgan fingerprint density at radius 3 is 2.16 bits per heavy atom. The molecule has 10 heteroatoms. The normalized spacial score (nSPS) is 17.4. The van der Waals surface area contributed by atoms with Crippen LogP contribution in [0.25, 0.3) is 0 Å². The van der Waals surface area contributed by atoms with Crippen LogP contribution in [0.2, 0.25) is 0 Å². The van der Waals surface area contributed by atoms with Crippen LogP contribution in [-0.2, 0) is 16.2 Å². The van der Waals surface area contributed by atoms with Crippen LogP contribution in [-0.4, -0.2) is 69.1 Å². The average Bonchev–Trinajstić information content (AvgIpc) is 2.54.